The molecule has 15 heavy (non-hydrogen) atoms. The van der Waals surface area contributed by atoms with Crippen LogP contribution in [0.1, 0.15) is 11.5 Å². The Morgan fingerprint density at radius 1 is 1.47 bits per heavy atom. The SMILES string of the molecule is Cc1[nH]c(CCO)nc1-c1cccnc1. The van der Waals surface area contributed by atoms with Gasteiger partial charge in [0.2, 0.25) is 0 Å². The molecule has 0 aliphatic heterocycles. The van der Waals surface area contributed by atoms with Gasteiger partial charge >= 0.3 is 0 Å². The molecule has 0 aliphatic rings. The van der Waals surface area contributed by atoms with Crippen LogP contribution >= 0.6 is 0 Å². The highest BCUT2D eigenvalue weighted by atomic mass is 16.3. The molecule has 0 fully saturated rings. The first-order valence-electron chi connectivity index (χ1n) is 4.88. The number of hydrogen-bond donors (Lipinski definition) is 2. The van der Waals surface area contributed by atoms with E-state index in [-0.39, 0.29) is 6.61 Å². The largest absolute Gasteiger partial charge is 0.396 e. The molecule has 2 aromatic rings. The van der Waals surface area contributed by atoms with Crippen LogP contribution in [-0.2, 0) is 6.42 Å². The summed E-state index contributed by atoms with van der Waals surface area (Å²) in [5.41, 5.74) is 2.91. The molecule has 0 bridgehead atoms. The highest BCUT2D eigenvalue weighted by Crippen LogP contribution is 2.19. The number of pyridine rings is 1. The monoisotopic (exact) mass is 203 g/mol. The Bertz CT molecular complexity index is 436. The van der Waals surface area contributed by atoms with Crippen LogP contribution in [-0.4, -0.2) is 26.7 Å². The Morgan fingerprint density at radius 2 is 2.33 bits per heavy atom. The van der Waals surface area contributed by atoms with E-state index >= 15 is 0 Å². The average molecular weight is 203 g/mol. The van der Waals surface area contributed by atoms with Crippen molar-refractivity contribution in [3.8, 4) is 11.3 Å². The summed E-state index contributed by atoms with van der Waals surface area (Å²) in [6.07, 6.45) is 4.08. The molecule has 0 amide bonds. The van der Waals surface area contributed by atoms with E-state index in [1.54, 1.807) is 12.4 Å². The fourth-order valence-corrected chi connectivity index (χ4v) is 1.53. The van der Waals surface area contributed by atoms with Crippen LogP contribution in [0.5, 0.6) is 0 Å². The van der Waals surface area contributed by atoms with Gasteiger partial charge in [-0.3, -0.25) is 4.98 Å². The molecule has 0 saturated heterocycles. The van der Waals surface area contributed by atoms with Crippen LogP contribution in [0, 0.1) is 6.92 Å². The molecule has 0 aliphatic carbocycles. The maximum absolute atomic E-state index is 8.82. The average Bonchev–Trinajstić information content (AvgIpc) is 2.61. The van der Waals surface area contributed by atoms with Gasteiger partial charge in [0.1, 0.15) is 5.82 Å². The van der Waals surface area contributed by atoms with Gasteiger partial charge in [0.05, 0.1) is 12.3 Å². The Morgan fingerprint density at radius 3 is 3.00 bits per heavy atom. The van der Waals surface area contributed by atoms with E-state index in [4.69, 9.17) is 5.11 Å². The number of imidazole rings is 1. The van der Waals surface area contributed by atoms with Gasteiger partial charge < -0.3 is 10.1 Å². The summed E-state index contributed by atoms with van der Waals surface area (Å²) < 4.78 is 0. The third kappa shape index (κ3) is 2.05. The number of aromatic nitrogens is 3. The highest BCUT2D eigenvalue weighted by Gasteiger charge is 2.07. The summed E-state index contributed by atoms with van der Waals surface area (Å²) in [7, 11) is 0. The zero-order valence-electron chi connectivity index (χ0n) is 8.57. The van der Waals surface area contributed by atoms with Gasteiger partial charge in [0.15, 0.2) is 0 Å². The van der Waals surface area contributed by atoms with Crippen LogP contribution in [0.4, 0.5) is 0 Å². The number of aliphatic hydroxyl groups is 1. The summed E-state index contributed by atoms with van der Waals surface area (Å²) in [5.74, 6) is 0.814. The molecule has 0 unspecified atom stereocenters. The fourth-order valence-electron chi connectivity index (χ4n) is 1.53. The Kier molecular flexibility index (Phi) is 2.78. The predicted molar refractivity (Wildman–Crippen MR) is 57.3 cm³/mol. The van der Waals surface area contributed by atoms with Gasteiger partial charge in [0, 0.05) is 30.1 Å². The van der Waals surface area contributed by atoms with Crippen molar-refractivity contribution < 1.29 is 5.11 Å². The van der Waals surface area contributed by atoms with Crippen molar-refractivity contribution in [2.75, 3.05) is 6.61 Å². The summed E-state index contributed by atoms with van der Waals surface area (Å²) in [6.45, 7) is 2.08. The molecule has 4 heteroatoms. The van der Waals surface area contributed by atoms with Crippen molar-refractivity contribution in [2.24, 2.45) is 0 Å². The zero-order valence-corrected chi connectivity index (χ0v) is 8.57. The van der Waals surface area contributed by atoms with Gasteiger partial charge in [0.25, 0.3) is 0 Å². The Balaban J connectivity index is 2.36. The van der Waals surface area contributed by atoms with Gasteiger partial charge in [-0.15, -0.1) is 0 Å². The van der Waals surface area contributed by atoms with Crippen LogP contribution < -0.4 is 0 Å². The lowest BCUT2D eigenvalue weighted by Crippen LogP contribution is -1.92. The van der Waals surface area contributed by atoms with E-state index < -0.39 is 0 Å². The van der Waals surface area contributed by atoms with E-state index in [2.05, 4.69) is 15.0 Å². The first kappa shape index (κ1) is 9.86. The summed E-state index contributed by atoms with van der Waals surface area (Å²) in [4.78, 5) is 11.6. The van der Waals surface area contributed by atoms with Crippen LogP contribution in [0.15, 0.2) is 24.5 Å². The molecule has 0 atom stereocenters. The first-order chi connectivity index (χ1) is 7.31. The van der Waals surface area contributed by atoms with Crippen LogP contribution in [0.25, 0.3) is 11.3 Å². The predicted octanol–water partition coefficient (Wildman–Crippen LogP) is 1.31. The lowest BCUT2D eigenvalue weighted by Gasteiger charge is -1.95. The fraction of sp³-hybridized carbons (Fsp3) is 0.273. The number of rotatable bonds is 3. The molecule has 0 saturated carbocycles. The second-order valence-corrected chi connectivity index (χ2v) is 3.37. The summed E-state index contributed by atoms with van der Waals surface area (Å²) in [6, 6.07) is 3.86. The van der Waals surface area contributed by atoms with Gasteiger partial charge in [-0.05, 0) is 19.1 Å². The highest BCUT2D eigenvalue weighted by molar-refractivity contribution is 5.60. The smallest absolute Gasteiger partial charge is 0.109 e. The Hall–Kier alpha value is -1.68. The number of nitrogens with one attached hydrogen (secondary N) is 1. The summed E-state index contributed by atoms with van der Waals surface area (Å²) >= 11 is 0. The van der Waals surface area contributed by atoms with E-state index in [0.717, 1.165) is 22.8 Å². The van der Waals surface area contributed by atoms with Crippen molar-refractivity contribution in [3.63, 3.8) is 0 Å². The normalized spacial score (nSPS) is 10.5. The number of hydrogen-bond acceptors (Lipinski definition) is 3. The number of aryl methyl sites for hydroxylation is 1. The van der Waals surface area contributed by atoms with Crippen molar-refractivity contribution in [2.45, 2.75) is 13.3 Å². The standard InChI is InChI=1S/C11H13N3O/c1-8-11(9-3-2-5-12-7-9)14-10(13-8)4-6-15/h2-3,5,7,15H,4,6H2,1H3,(H,13,14). The molecule has 0 radical (unpaired) electrons. The second kappa shape index (κ2) is 4.23. The number of nitrogens with zero attached hydrogens (tertiary/aromatic N) is 2. The molecule has 0 aromatic carbocycles. The van der Waals surface area contributed by atoms with Crippen LogP contribution in [0.2, 0.25) is 0 Å². The lowest BCUT2D eigenvalue weighted by atomic mass is 10.2. The molecule has 78 valence electrons. The minimum Gasteiger partial charge on any atom is -0.396 e. The van der Waals surface area contributed by atoms with Crippen molar-refractivity contribution >= 4 is 0 Å². The molecule has 2 aromatic heterocycles. The van der Waals surface area contributed by atoms with Crippen molar-refractivity contribution in [1.82, 2.24) is 15.0 Å². The minimum absolute atomic E-state index is 0.111. The molecule has 0 spiro atoms. The van der Waals surface area contributed by atoms with Gasteiger partial charge in [-0.1, -0.05) is 0 Å². The van der Waals surface area contributed by atoms with Gasteiger partial charge in [-0.25, -0.2) is 4.98 Å². The van der Waals surface area contributed by atoms with E-state index in [9.17, 15) is 0 Å². The molecule has 2 N–H and O–H groups in total. The number of aromatic amines is 1. The zero-order chi connectivity index (χ0) is 10.7. The topological polar surface area (TPSA) is 61.8 Å². The molecule has 2 heterocycles. The third-order valence-electron chi connectivity index (χ3n) is 2.22. The second-order valence-electron chi connectivity index (χ2n) is 3.37. The molecule has 2 rings (SSSR count). The lowest BCUT2D eigenvalue weighted by molar-refractivity contribution is 0.297. The van der Waals surface area contributed by atoms with Crippen LogP contribution in [0.3, 0.4) is 0 Å². The van der Waals surface area contributed by atoms with E-state index in [0.29, 0.717) is 6.42 Å². The first-order valence-corrected chi connectivity index (χ1v) is 4.88. The van der Waals surface area contributed by atoms with E-state index in [1.165, 1.54) is 0 Å². The van der Waals surface area contributed by atoms with Crippen molar-refractivity contribution in [1.29, 1.82) is 0 Å². The Labute approximate surface area is 88.0 Å². The van der Waals surface area contributed by atoms with Crippen molar-refractivity contribution in [3.05, 3.63) is 36.0 Å². The quantitative estimate of drug-likeness (QED) is 0.790. The maximum Gasteiger partial charge on any atom is 0.109 e. The maximum atomic E-state index is 8.82. The van der Waals surface area contributed by atoms with Gasteiger partial charge in [-0.2, -0.15) is 0 Å². The summed E-state index contributed by atoms with van der Waals surface area (Å²) in [5, 5.41) is 8.82. The molecular weight excluding hydrogens is 190 g/mol. The number of aliphatic hydroxyl groups excluding tert-OH is 1. The molecule has 4 nitrogen and oxygen atoms in total. The minimum atomic E-state index is 0.111. The van der Waals surface area contributed by atoms with E-state index in [1.807, 2.05) is 19.1 Å². The molecular formula is C11H13N3O. The number of H-pyrrole nitrogens is 1. The third-order valence-corrected chi connectivity index (χ3v) is 2.22.